The molecule has 0 amide bonds. The zero-order chi connectivity index (χ0) is 16.4. The molecule has 1 heterocycles. The molecule has 1 aliphatic heterocycles. The van der Waals surface area contributed by atoms with Crippen molar-refractivity contribution in [1.82, 2.24) is 0 Å². The lowest BCUT2D eigenvalue weighted by Crippen LogP contribution is -2.45. The van der Waals surface area contributed by atoms with Crippen LogP contribution in [0.5, 0.6) is 11.5 Å². The zero-order valence-corrected chi connectivity index (χ0v) is 15.3. The average Bonchev–Trinajstić information content (AvgIpc) is 2.96. The van der Waals surface area contributed by atoms with Gasteiger partial charge in [-0.05, 0) is 52.7 Å². The van der Waals surface area contributed by atoms with E-state index < -0.39 is 8.32 Å². The summed E-state index contributed by atoms with van der Waals surface area (Å²) in [4.78, 5) is 0. The molecule has 0 spiro atoms. The fourth-order valence-corrected chi connectivity index (χ4v) is 7.05. The standard InChI is InChI=1S/C19H24O3Si/c1-5-23(6-2)18-11-10-16(21-4)13-17(18)19(22-23)14-8-7-9-15(12-14)20-3/h7-13,19H,5-6H2,1-4H3. The van der Waals surface area contributed by atoms with E-state index >= 15 is 0 Å². The molecule has 3 nitrogen and oxygen atoms in total. The van der Waals surface area contributed by atoms with Crippen LogP contribution in [0.25, 0.3) is 0 Å². The molecule has 0 bridgehead atoms. The number of ether oxygens (including phenoxy) is 2. The summed E-state index contributed by atoms with van der Waals surface area (Å²) in [6.45, 7) is 4.50. The van der Waals surface area contributed by atoms with Gasteiger partial charge in [-0.15, -0.1) is 0 Å². The van der Waals surface area contributed by atoms with E-state index in [2.05, 4.69) is 44.2 Å². The number of rotatable bonds is 5. The largest absolute Gasteiger partial charge is 0.497 e. The van der Waals surface area contributed by atoms with Gasteiger partial charge in [0.15, 0.2) is 0 Å². The Morgan fingerprint density at radius 1 is 0.957 bits per heavy atom. The Kier molecular flexibility index (Phi) is 4.46. The lowest BCUT2D eigenvalue weighted by atomic mass is 10.0. The highest BCUT2D eigenvalue weighted by Crippen LogP contribution is 2.40. The third kappa shape index (κ3) is 2.66. The molecule has 2 aromatic rings. The Morgan fingerprint density at radius 3 is 2.30 bits per heavy atom. The van der Waals surface area contributed by atoms with Crippen molar-refractivity contribution in [2.45, 2.75) is 32.0 Å². The van der Waals surface area contributed by atoms with Gasteiger partial charge in [-0.1, -0.05) is 32.0 Å². The maximum atomic E-state index is 6.73. The number of methoxy groups -OCH3 is 2. The summed E-state index contributed by atoms with van der Waals surface area (Å²) in [6.07, 6.45) is -0.0261. The van der Waals surface area contributed by atoms with E-state index in [0.29, 0.717) is 0 Å². The molecule has 1 unspecified atom stereocenters. The van der Waals surface area contributed by atoms with Gasteiger partial charge in [-0.25, -0.2) is 0 Å². The third-order valence-corrected chi connectivity index (χ3v) is 9.32. The van der Waals surface area contributed by atoms with Gasteiger partial charge >= 0.3 is 0 Å². The average molecular weight is 328 g/mol. The Hall–Kier alpha value is -1.78. The molecule has 0 saturated heterocycles. The molecule has 3 rings (SSSR count). The van der Waals surface area contributed by atoms with Crippen LogP contribution in [0.4, 0.5) is 0 Å². The summed E-state index contributed by atoms with van der Waals surface area (Å²) in [6, 6.07) is 16.8. The SMILES string of the molecule is CC[Si]1(CC)OC(c2cccc(OC)c2)c2cc(OC)ccc21. The van der Waals surface area contributed by atoms with Crippen LogP contribution in [0.2, 0.25) is 12.1 Å². The van der Waals surface area contributed by atoms with Gasteiger partial charge in [0.1, 0.15) is 11.5 Å². The molecule has 1 aliphatic rings. The van der Waals surface area contributed by atoms with Crippen LogP contribution in [0.15, 0.2) is 42.5 Å². The third-order valence-electron chi connectivity index (χ3n) is 4.91. The van der Waals surface area contributed by atoms with Crippen LogP contribution >= 0.6 is 0 Å². The number of hydrogen-bond donors (Lipinski definition) is 0. The summed E-state index contributed by atoms with van der Waals surface area (Å²) in [5.74, 6) is 1.75. The van der Waals surface area contributed by atoms with Crippen molar-refractivity contribution in [2.75, 3.05) is 14.2 Å². The second-order valence-electron chi connectivity index (χ2n) is 5.93. The molecule has 4 heteroatoms. The Labute approximate surface area is 139 Å². The zero-order valence-electron chi connectivity index (χ0n) is 14.3. The minimum atomic E-state index is -1.91. The number of hydrogen-bond acceptors (Lipinski definition) is 3. The van der Waals surface area contributed by atoms with Crippen molar-refractivity contribution in [3.63, 3.8) is 0 Å². The lowest BCUT2D eigenvalue weighted by molar-refractivity contribution is 0.252. The van der Waals surface area contributed by atoms with E-state index in [9.17, 15) is 0 Å². The van der Waals surface area contributed by atoms with Crippen molar-refractivity contribution in [2.24, 2.45) is 0 Å². The van der Waals surface area contributed by atoms with Crippen LogP contribution < -0.4 is 14.7 Å². The second kappa shape index (κ2) is 6.38. The number of benzene rings is 2. The maximum Gasteiger partial charge on any atom is 0.225 e. The maximum absolute atomic E-state index is 6.73. The van der Waals surface area contributed by atoms with E-state index in [-0.39, 0.29) is 6.10 Å². The molecular weight excluding hydrogens is 304 g/mol. The Morgan fingerprint density at radius 2 is 1.65 bits per heavy atom. The molecule has 0 saturated carbocycles. The van der Waals surface area contributed by atoms with Gasteiger partial charge in [0.25, 0.3) is 0 Å². The molecule has 23 heavy (non-hydrogen) atoms. The Balaban J connectivity index is 2.13. The summed E-state index contributed by atoms with van der Waals surface area (Å²) < 4.78 is 17.6. The molecule has 1 atom stereocenters. The second-order valence-corrected chi connectivity index (χ2v) is 10.1. The van der Waals surface area contributed by atoms with Crippen LogP contribution in [0, 0.1) is 0 Å². The predicted molar refractivity (Wildman–Crippen MR) is 95.3 cm³/mol. The molecule has 0 fully saturated rings. The first-order chi connectivity index (χ1) is 11.2. The minimum Gasteiger partial charge on any atom is -0.497 e. The highest BCUT2D eigenvalue weighted by atomic mass is 28.4. The first-order valence-electron chi connectivity index (χ1n) is 8.17. The predicted octanol–water partition coefficient (Wildman–Crippen LogP) is 4.02. The van der Waals surface area contributed by atoms with Gasteiger partial charge in [-0.2, -0.15) is 0 Å². The molecule has 0 aliphatic carbocycles. The van der Waals surface area contributed by atoms with Gasteiger partial charge in [-0.3, -0.25) is 0 Å². The van der Waals surface area contributed by atoms with E-state index in [1.54, 1.807) is 14.2 Å². The van der Waals surface area contributed by atoms with E-state index in [4.69, 9.17) is 13.9 Å². The monoisotopic (exact) mass is 328 g/mol. The van der Waals surface area contributed by atoms with Crippen LogP contribution in [-0.4, -0.2) is 22.5 Å². The molecule has 2 aromatic carbocycles. The van der Waals surface area contributed by atoms with Gasteiger partial charge < -0.3 is 13.9 Å². The van der Waals surface area contributed by atoms with Gasteiger partial charge in [0, 0.05) is 0 Å². The smallest absolute Gasteiger partial charge is 0.225 e. The van der Waals surface area contributed by atoms with Gasteiger partial charge in [0.05, 0.1) is 20.3 Å². The van der Waals surface area contributed by atoms with Crippen LogP contribution in [0.3, 0.4) is 0 Å². The molecular formula is C19H24O3Si. The normalized spacial score (nSPS) is 18.5. The topological polar surface area (TPSA) is 27.7 Å². The van der Waals surface area contributed by atoms with Crippen molar-refractivity contribution in [3.05, 3.63) is 53.6 Å². The fraction of sp³-hybridized carbons (Fsp3) is 0.368. The lowest BCUT2D eigenvalue weighted by Gasteiger charge is -2.25. The summed E-state index contributed by atoms with van der Waals surface area (Å²) in [5, 5.41) is 1.41. The van der Waals surface area contributed by atoms with Gasteiger partial charge in [0.2, 0.25) is 8.32 Å². The number of fused-ring (bicyclic) bond motifs is 1. The highest BCUT2D eigenvalue weighted by molar-refractivity contribution is 6.87. The summed E-state index contributed by atoms with van der Waals surface area (Å²) in [5.41, 5.74) is 2.41. The quantitative estimate of drug-likeness (QED) is 0.776. The first kappa shape index (κ1) is 16.1. The molecule has 0 aromatic heterocycles. The summed E-state index contributed by atoms with van der Waals surface area (Å²) in [7, 11) is 1.50. The van der Waals surface area contributed by atoms with Crippen LogP contribution in [0.1, 0.15) is 31.1 Å². The highest BCUT2D eigenvalue weighted by Gasteiger charge is 2.45. The molecule has 122 valence electrons. The summed E-state index contributed by atoms with van der Waals surface area (Å²) >= 11 is 0. The fourth-order valence-electron chi connectivity index (χ4n) is 3.50. The van der Waals surface area contributed by atoms with E-state index in [1.807, 2.05) is 12.1 Å². The van der Waals surface area contributed by atoms with E-state index in [0.717, 1.165) is 29.2 Å². The Bertz CT molecular complexity index is 695. The van der Waals surface area contributed by atoms with Crippen molar-refractivity contribution >= 4 is 13.5 Å². The van der Waals surface area contributed by atoms with Crippen molar-refractivity contribution < 1.29 is 13.9 Å². The van der Waals surface area contributed by atoms with E-state index in [1.165, 1.54) is 10.8 Å². The van der Waals surface area contributed by atoms with Crippen molar-refractivity contribution in [1.29, 1.82) is 0 Å². The minimum absolute atomic E-state index is 0.0261. The molecule has 0 N–H and O–H groups in total. The van der Waals surface area contributed by atoms with Crippen LogP contribution in [-0.2, 0) is 4.43 Å². The first-order valence-corrected chi connectivity index (χ1v) is 10.5. The molecule has 0 radical (unpaired) electrons. The van der Waals surface area contributed by atoms with Crippen molar-refractivity contribution in [3.8, 4) is 11.5 Å².